The van der Waals surface area contributed by atoms with Gasteiger partial charge in [0.25, 0.3) is 11.8 Å². The van der Waals surface area contributed by atoms with Gasteiger partial charge in [0.2, 0.25) is 17.4 Å². The number of nitrogens with one attached hydrogen (secondary N) is 1. The number of aromatic nitrogens is 2. The molecule has 19 nitrogen and oxygen atoms in total. The Balaban J connectivity index is 1.08. The highest BCUT2D eigenvalue weighted by atomic mass is 32.2. The molecule has 0 aliphatic carbocycles. The van der Waals surface area contributed by atoms with E-state index < -0.39 is 46.8 Å². The van der Waals surface area contributed by atoms with E-state index in [0.717, 1.165) is 16.4 Å². The highest BCUT2D eigenvalue weighted by Crippen LogP contribution is 2.41. The van der Waals surface area contributed by atoms with Crippen molar-refractivity contribution in [1.29, 1.82) is 0 Å². The second-order valence-electron chi connectivity index (χ2n) is 11.7. The first-order valence-corrected chi connectivity index (χ1v) is 16.8. The van der Waals surface area contributed by atoms with E-state index in [2.05, 4.69) is 19.8 Å². The van der Waals surface area contributed by atoms with Gasteiger partial charge in [-0.05, 0) is 24.5 Å². The molecule has 21 heteroatoms. The van der Waals surface area contributed by atoms with Gasteiger partial charge in [0.15, 0.2) is 23.3 Å². The Bertz CT molecular complexity index is 1880. The average molecular weight is 719 g/mol. The van der Waals surface area contributed by atoms with Gasteiger partial charge in [-0.25, -0.2) is 14.4 Å². The molecular formula is C28H30N8O11S2. The third-order valence-electron chi connectivity index (χ3n) is 8.35. The average Bonchev–Trinajstić information content (AvgIpc) is 3.87. The lowest BCUT2D eigenvalue weighted by molar-refractivity contribution is -0.150. The third kappa shape index (κ3) is 6.37. The fourth-order valence-corrected chi connectivity index (χ4v) is 7.79. The van der Waals surface area contributed by atoms with Crippen molar-refractivity contribution in [2.24, 2.45) is 5.16 Å². The number of allylic oxidation sites excluding steroid dienone is 1. The van der Waals surface area contributed by atoms with Crippen LogP contribution in [-0.2, 0) is 30.5 Å². The van der Waals surface area contributed by atoms with Crippen LogP contribution < -0.4 is 16.9 Å². The molecule has 0 unspecified atom stereocenters. The number of nitrogens with zero attached hydrogens (tertiary/aromatic N) is 6. The van der Waals surface area contributed by atoms with Gasteiger partial charge in [-0.3, -0.25) is 19.3 Å². The summed E-state index contributed by atoms with van der Waals surface area (Å²) in [5.74, 6) is -4.03. The zero-order valence-electron chi connectivity index (χ0n) is 26.0. The summed E-state index contributed by atoms with van der Waals surface area (Å²) < 4.78 is 19.2. The highest BCUT2D eigenvalue weighted by Gasteiger charge is 2.54. The topological polar surface area (TPSA) is 264 Å². The number of ether oxygens (including phenoxy) is 1. The van der Waals surface area contributed by atoms with Gasteiger partial charge in [-0.2, -0.15) is 9.36 Å². The van der Waals surface area contributed by atoms with E-state index in [1.165, 1.54) is 22.7 Å². The number of amides is 4. The van der Waals surface area contributed by atoms with Gasteiger partial charge in [-0.1, -0.05) is 19.0 Å². The van der Waals surface area contributed by atoms with E-state index >= 15 is 0 Å². The number of aliphatic carboxylic acids is 1. The summed E-state index contributed by atoms with van der Waals surface area (Å²) in [7, 11) is 0. The smallest absolute Gasteiger partial charge is 0.477 e. The first-order chi connectivity index (χ1) is 23.4. The van der Waals surface area contributed by atoms with Crippen LogP contribution in [0.2, 0.25) is 0 Å². The number of nitrogens with two attached hydrogens (primary N) is 1. The summed E-state index contributed by atoms with van der Waals surface area (Å²) in [6.45, 7) is 4.23. The summed E-state index contributed by atoms with van der Waals surface area (Å²) in [5, 5.41) is 24.0. The van der Waals surface area contributed by atoms with E-state index in [1.54, 1.807) is 18.7 Å². The molecule has 2 aromatic heterocycles. The minimum absolute atomic E-state index is 0.0325. The predicted octanol–water partition coefficient (Wildman–Crippen LogP) is 0.277. The maximum Gasteiger partial charge on any atom is 0.519 e. The van der Waals surface area contributed by atoms with Gasteiger partial charge in [0, 0.05) is 48.4 Å². The third-order valence-corrected chi connectivity index (χ3v) is 10.2. The van der Waals surface area contributed by atoms with E-state index in [9.17, 15) is 39.1 Å². The van der Waals surface area contributed by atoms with Crippen LogP contribution in [0.3, 0.4) is 0 Å². The monoisotopic (exact) mass is 718 g/mol. The molecule has 0 radical (unpaired) electrons. The van der Waals surface area contributed by atoms with Crippen LogP contribution >= 0.6 is 23.3 Å². The number of likely N-dealkylation sites (tertiary alicyclic amines) is 2. The summed E-state index contributed by atoms with van der Waals surface area (Å²) in [6, 6.07) is -1.42. The fourth-order valence-electron chi connectivity index (χ4n) is 6.05. The molecule has 3 saturated heterocycles. The first kappa shape index (κ1) is 33.7. The second kappa shape index (κ2) is 13.4. The zero-order valence-corrected chi connectivity index (χ0v) is 27.6. The molecule has 260 valence electrons. The van der Waals surface area contributed by atoms with Gasteiger partial charge in [-0.15, -0.1) is 11.8 Å². The number of thioether (sulfide) groups is 1. The number of hydrogen-bond acceptors (Lipinski definition) is 16. The van der Waals surface area contributed by atoms with Crippen LogP contribution in [0.15, 0.2) is 41.7 Å². The van der Waals surface area contributed by atoms with Crippen LogP contribution in [0.5, 0.6) is 0 Å². The number of β-lactam (4-membered cyclic amide) rings is 1. The van der Waals surface area contributed by atoms with Gasteiger partial charge in [0.1, 0.15) is 17.1 Å². The van der Waals surface area contributed by atoms with E-state index in [4.69, 9.17) is 19.3 Å². The van der Waals surface area contributed by atoms with Crippen LogP contribution in [0.25, 0.3) is 0 Å². The molecule has 6 rings (SSSR count). The number of anilines is 1. The Morgan fingerprint density at radius 1 is 1.22 bits per heavy atom. The Labute approximate surface area is 284 Å². The molecule has 4 amide bonds. The van der Waals surface area contributed by atoms with Crippen molar-refractivity contribution in [3.63, 3.8) is 0 Å². The summed E-state index contributed by atoms with van der Waals surface area (Å²) in [5.41, 5.74) is 5.30. The maximum absolute atomic E-state index is 13.5. The lowest BCUT2D eigenvalue weighted by atomic mass is 10.0. The van der Waals surface area contributed by atoms with E-state index in [1.807, 2.05) is 0 Å². The number of hydrogen-bond donors (Lipinski definition) is 4. The van der Waals surface area contributed by atoms with Gasteiger partial charge in [0.05, 0.1) is 6.04 Å². The summed E-state index contributed by atoms with van der Waals surface area (Å²) in [6.07, 6.45) is 1.69. The van der Waals surface area contributed by atoms with Gasteiger partial charge >= 0.3 is 17.9 Å². The molecular weight excluding hydrogens is 688 g/mol. The minimum atomic E-state index is -1.38. The molecule has 4 aliphatic heterocycles. The molecule has 0 bridgehead atoms. The summed E-state index contributed by atoms with van der Waals surface area (Å²) in [4.78, 5) is 83.9. The normalized spacial score (nSPS) is 23.4. The van der Waals surface area contributed by atoms with Crippen LogP contribution in [-0.4, -0.2) is 113 Å². The Morgan fingerprint density at radius 2 is 2.00 bits per heavy atom. The van der Waals surface area contributed by atoms with E-state index in [0.29, 0.717) is 37.3 Å². The summed E-state index contributed by atoms with van der Waals surface area (Å²) >= 11 is 1.97. The number of carboxylic acid groups (broad SMARTS) is 1. The van der Waals surface area contributed by atoms with Crippen molar-refractivity contribution >= 4 is 63.9 Å². The van der Waals surface area contributed by atoms with Crippen molar-refractivity contribution in [1.82, 2.24) is 29.4 Å². The quantitative estimate of drug-likeness (QED) is 0.0892. The molecule has 0 saturated carbocycles. The minimum Gasteiger partial charge on any atom is -0.477 e. The molecule has 0 aromatic carbocycles. The molecule has 2 aromatic rings. The van der Waals surface area contributed by atoms with Gasteiger partial charge < -0.3 is 44.7 Å². The molecule has 3 fully saturated rings. The van der Waals surface area contributed by atoms with Crippen LogP contribution in [0.4, 0.5) is 9.93 Å². The SMILES string of the molecule is CC(C)c1oc(=O)oc1COC(=O)N1CC[C@@H](N2CC/C(=C\C3=C(C(=O)O)N4C(=O)[C@@H](NC(=O)/C(=N\O)c5nsc(N)n5)[C@H]4SC3)C2=O)C1. The van der Waals surface area contributed by atoms with Crippen molar-refractivity contribution in [2.45, 2.75) is 56.7 Å². The van der Waals surface area contributed by atoms with Crippen molar-refractivity contribution in [3.05, 3.63) is 50.9 Å². The number of fused-ring (bicyclic) bond motifs is 1. The molecule has 0 spiro atoms. The Morgan fingerprint density at radius 3 is 2.67 bits per heavy atom. The lowest BCUT2D eigenvalue weighted by Gasteiger charge is -2.49. The largest absolute Gasteiger partial charge is 0.519 e. The maximum atomic E-state index is 13.5. The molecule has 5 N–H and O–H groups in total. The number of carboxylic acids is 1. The first-order valence-electron chi connectivity index (χ1n) is 15.0. The second-order valence-corrected chi connectivity index (χ2v) is 13.6. The highest BCUT2D eigenvalue weighted by molar-refractivity contribution is 8.00. The van der Waals surface area contributed by atoms with Crippen LogP contribution in [0.1, 0.15) is 50.0 Å². The Hall–Kier alpha value is -5.18. The van der Waals surface area contributed by atoms with Crippen molar-refractivity contribution < 1.29 is 47.9 Å². The fraction of sp³-hybridized carbons (Fsp3) is 0.464. The predicted molar refractivity (Wildman–Crippen MR) is 168 cm³/mol. The van der Waals surface area contributed by atoms with Crippen molar-refractivity contribution in [2.75, 3.05) is 31.1 Å². The number of oxime groups is 1. The van der Waals surface area contributed by atoms with E-state index in [-0.39, 0.29) is 64.8 Å². The lowest BCUT2D eigenvalue weighted by Crippen LogP contribution is -2.71. The van der Waals surface area contributed by atoms with Crippen LogP contribution in [0, 0.1) is 0 Å². The van der Waals surface area contributed by atoms with Crippen molar-refractivity contribution in [3.8, 4) is 0 Å². The molecule has 3 atom stereocenters. The zero-order chi connectivity index (χ0) is 35.1. The molecule has 6 heterocycles. The number of carbonyl (C=O) groups is 5. The number of rotatable bonds is 9. The number of carbonyl (C=O) groups excluding carboxylic acids is 4. The molecule has 4 aliphatic rings. The number of nitrogen functional groups attached to an aromatic ring is 1. The standard InChI is InChI=1S/C28H30N8O11S2/c1-11(2)19-15(46-28(43)47-19)9-45-27(42)34-5-4-14(8-34)35-6-3-12(22(35)38)7-13-10-48-24-17(23(39)36(24)18(13)25(40)41)30-21(37)16(32-44)20-31-26(29)49-33-20/h7,11,14,17,24,44H,3-6,8-10H2,1-2H3,(H,30,37)(H,40,41)(H2,29,31,33)/b12-7+,32-16-/t14-,17-,24-/m1/s1. The Kier molecular flexibility index (Phi) is 9.20. The molecule has 49 heavy (non-hydrogen) atoms.